The van der Waals surface area contributed by atoms with E-state index in [-0.39, 0.29) is 24.1 Å². The Morgan fingerprint density at radius 2 is 1.66 bits per heavy atom. The number of carboxylic acids is 1. The van der Waals surface area contributed by atoms with Crippen molar-refractivity contribution in [2.24, 2.45) is 0 Å². The van der Waals surface area contributed by atoms with Gasteiger partial charge in [-0.1, -0.05) is 58.9 Å². The number of hydrogen-bond acceptors (Lipinski definition) is 4. The number of carboxylic acid groups (broad SMARTS) is 1. The first-order valence-corrected chi connectivity index (χ1v) is 11.1. The maximum Gasteiger partial charge on any atom is 0.305 e. The largest absolute Gasteiger partial charge is 0.481 e. The summed E-state index contributed by atoms with van der Waals surface area (Å²) in [5, 5.41) is 29.0. The van der Waals surface area contributed by atoms with E-state index in [9.17, 15) is 19.4 Å². The summed E-state index contributed by atoms with van der Waals surface area (Å²) < 4.78 is 13.6. The van der Waals surface area contributed by atoms with Crippen LogP contribution >= 0.6 is 0 Å². The number of pyridine rings is 1. The number of halogens is 1. The van der Waals surface area contributed by atoms with Crippen LogP contribution < -0.4 is 0 Å². The van der Waals surface area contributed by atoms with E-state index < -0.39 is 24.6 Å². The highest BCUT2D eigenvalue weighted by Gasteiger charge is 2.22. The quantitative estimate of drug-likeness (QED) is 0.464. The Bertz CT molecular complexity index is 951. The lowest BCUT2D eigenvalue weighted by atomic mass is 9.86. The molecule has 5 nitrogen and oxygen atoms in total. The van der Waals surface area contributed by atoms with Crippen molar-refractivity contribution >= 4 is 12.0 Å². The normalized spacial score (nSPS) is 13.8. The van der Waals surface area contributed by atoms with Crippen LogP contribution in [0.1, 0.15) is 81.8 Å². The zero-order valence-corrected chi connectivity index (χ0v) is 19.5. The molecule has 0 aliphatic heterocycles. The number of aliphatic hydroxyl groups is 2. The third-order valence-corrected chi connectivity index (χ3v) is 5.39. The summed E-state index contributed by atoms with van der Waals surface area (Å²) in [5.74, 6) is -1.12. The topological polar surface area (TPSA) is 90.7 Å². The van der Waals surface area contributed by atoms with Gasteiger partial charge in [-0.25, -0.2) is 4.39 Å². The van der Waals surface area contributed by atoms with Gasteiger partial charge in [0.05, 0.1) is 24.3 Å². The lowest BCUT2D eigenvalue weighted by molar-refractivity contribution is -0.139. The molecule has 0 amide bonds. The molecule has 0 aliphatic rings. The van der Waals surface area contributed by atoms with Crippen molar-refractivity contribution in [1.29, 1.82) is 0 Å². The molecule has 2 atom stereocenters. The van der Waals surface area contributed by atoms with Gasteiger partial charge in [0.25, 0.3) is 0 Å². The standard InChI is InChI=1S/C26H34FNO4/c1-6-21-24(17-7-9-18(27)10-8-17)22(26(16(4)5)28-25(21)15(2)3)12-11-19(29)13-20(30)14-23(31)32/h7-12,15-16,19-20,29-30H,6,13-14H2,1-5H3,(H,31,32)/b12-11+/t19-,20-/m1/s1. The first-order valence-electron chi connectivity index (χ1n) is 11.1. The molecule has 1 aromatic heterocycles. The van der Waals surface area contributed by atoms with Crippen molar-refractivity contribution in [3.05, 3.63) is 58.7 Å². The molecular weight excluding hydrogens is 409 g/mol. The fourth-order valence-electron chi connectivity index (χ4n) is 3.92. The van der Waals surface area contributed by atoms with Gasteiger partial charge < -0.3 is 15.3 Å². The van der Waals surface area contributed by atoms with E-state index >= 15 is 0 Å². The van der Waals surface area contributed by atoms with E-state index in [1.165, 1.54) is 12.1 Å². The van der Waals surface area contributed by atoms with Crippen molar-refractivity contribution in [2.45, 2.75) is 77.9 Å². The Labute approximate surface area is 189 Å². The second-order valence-electron chi connectivity index (χ2n) is 8.73. The van der Waals surface area contributed by atoms with Crippen molar-refractivity contribution in [3.63, 3.8) is 0 Å². The Morgan fingerprint density at radius 3 is 2.16 bits per heavy atom. The molecule has 1 aromatic carbocycles. The molecule has 6 heteroatoms. The number of benzene rings is 1. The average molecular weight is 444 g/mol. The molecule has 3 N–H and O–H groups in total. The zero-order valence-electron chi connectivity index (χ0n) is 19.5. The van der Waals surface area contributed by atoms with Gasteiger partial charge in [0.1, 0.15) is 5.82 Å². The van der Waals surface area contributed by atoms with Gasteiger partial charge >= 0.3 is 5.97 Å². The zero-order chi connectivity index (χ0) is 24.0. The number of aliphatic hydroxyl groups excluding tert-OH is 2. The molecule has 0 unspecified atom stereocenters. The smallest absolute Gasteiger partial charge is 0.305 e. The highest BCUT2D eigenvalue weighted by molar-refractivity contribution is 5.80. The van der Waals surface area contributed by atoms with Gasteiger partial charge in [0.2, 0.25) is 0 Å². The Morgan fingerprint density at radius 1 is 1.06 bits per heavy atom. The minimum Gasteiger partial charge on any atom is -0.481 e. The molecule has 0 saturated carbocycles. The molecule has 1 heterocycles. The van der Waals surface area contributed by atoms with Gasteiger partial charge in [-0.3, -0.25) is 9.78 Å². The van der Waals surface area contributed by atoms with Gasteiger partial charge in [-0.05, 0) is 47.1 Å². The van der Waals surface area contributed by atoms with Gasteiger partial charge in [-0.2, -0.15) is 0 Å². The van der Waals surface area contributed by atoms with E-state index in [2.05, 4.69) is 34.6 Å². The van der Waals surface area contributed by atoms with Crippen LogP contribution in [-0.4, -0.2) is 38.5 Å². The predicted molar refractivity (Wildman–Crippen MR) is 125 cm³/mol. The van der Waals surface area contributed by atoms with Gasteiger partial charge in [0.15, 0.2) is 0 Å². The monoisotopic (exact) mass is 443 g/mol. The van der Waals surface area contributed by atoms with E-state index in [1.54, 1.807) is 24.3 Å². The molecule has 0 fully saturated rings. The van der Waals surface area contributed by atoms with Crippen LogP contribution in [-0.2, 0) is 11.2 Å². The molecule has 0 radical (unpaired) electrons. The highest BCUT2D eigenvalue weighted by Crippen LogP contribution is 2.37. The van der Waals surface area contributed by atoms with Crippen LogP contribution in [0, 0.1) is 5.82 Å². The number of hydrogen-bond donors (Lipinski definition) is 3. The second-order valence-corrected chi connectivity index (χ2v) is 8.73. The van der Waals surface area contributed by atoms with Gasteiger partial charge in [-0.15, -0.1) is 0 Å². The van der Waals surface area contributed by atoms with Crippen LogP contribution in [0.25, 0.3) is 17.2 Å². The fraction of sp³-hybridized carbons (Fsp3) is 0.462. The summed E-state index contributed by atoms with van der Waals surface area (Å²) in [6, 6.07) is 6.37. The Hall–Kier alpha value is -2.57. The summed E-state index contributed by atoms with van der Waals surface area (Å²) in [7, 11) is 0. The lowest BCUT2D eigenvalue weighted by Gasteiger charge is -2.23. The maximum atomic E-state index is 13.6. The Kier molecular flexibility index (Phi) is 9.10. The molecule has 0 aliphatic carbocycles. The second kappa shape index (κ2) is 11.3. The average Bonchev–Trinajstić information content (AvgIpc) is 2.70. The minimum atomic E-state index is -1.14. The summed E-state index contributed by atoms with van der Waals surface area (Å²) in [6.45, 7) is 10.4. The molecule has 174 valence electrons. The first-order chi connectivity index (χ1) is 15.0. The molecule has 0 saturated heterocycles. The van der Waals surface area contributed by atoms with Crippen molar-refractivity contribution in [1.82, 2.24) is 4.98 Å². The van der Waals surface area contributed by atoms with Crippen LogP contribution in [0.5, 0.6) is 0 Å². The van der Waals surface area contributed by atoms with E-state index in [1.807, 2.05) is 0 Å². The van der Waals surface area contributed by atoms with Crippen molar-refractivity contribution in [2.75, 3.05) is 0 Å². The van der Waals surface area contributed by atoms with Crippen LogP contribution in [0.3, 0.4) is 0 Å². The third kappa shape index (κ3) is 6.47. The van der Waals surface area contributed by atoms with Crippen LogP contribution in [0.4, 0.5) is 4.39 Å². The number of rotatable bonds is 10. The fourth-order valence-corrected chi connectivity index (χ4v) is 3.92. The van der Waals surface area contributed by atoms with E-state index in [4.69, 9.17) is 10.1 Å². The first kappa shape index (κ1) is 25.7. The summed E-state index contributed by atoms with van der Waals surface area (Å²) in [4.78, 5) is 15.8. The molecule has 0 bridgehead atoms. The number of nitrogens with zero attached hydrogens (tertiary/aromatic N) is 1. The Balaban J connectivity index is 2.65. The maximum absolute atomic E-state index is 13.6. The number of aromatic nitrogens is 1. The number of aliphatic carboxylic acids is 1. The molecule has 2 rings (SSSR count). The number of carbonyl (C=O) groups is 1. The van der Waals surface area contributed by atoms with Crippen molar-refractivity contribution < 1.29 is 24.5 Å². The summed E-state index contributed by atoms with van der Waals surface area (Å²) >= 11 is 0. The summed E-state index contributed by atoms with van der Waals surface area (Å²) in [6.07, 6.45) is 1.45. The third-order valence-electron chi connectivity index (χ3n) is 5.39. The van der Waals surface area contributed by atoms with Crippen LogP contribution in [0.2, 0.25) is 0 Å². The molecule has 0 spiro atoms. The molecule has 32 heavy (non-hydrogen) atoms. The summed E-state index contributed by atoms with van der Waals surface area (Å²) in [5.41, 5.74) is 5.64. The SMILES string of the molecule is CCc1c(C(C)C)nc(C(C)C)c(/C=C/[C@@H](O)C[C@@H](O)CC(=O)O)c1-c1ccc(F)cc1. The molecule has 2 aromatic rings. The van der Waals surface area contributed by atoms with Gasteiger partial charge in [0, 0.05) is 17.7 Å². The lowest BCUT2D eigenvalue weighted by Crippen LogP contribution is -2.19. The van der Waals surface area contributed by atoms with E-state index in [0.29, 0.717) is 0 Å². The highest BCUT2D eigenvalue weighted by atomic mass is 19.1. The predicted octanol–water partition coefficient (Wildman–Crippen LogP) is 5.30. The van der Waals surface area contributed by atoms with Crippen molar-refractivity contribution in [3.8, 4) is 11.1 Å². The minimum absolute atomic E-state index is 0.0795. The molecular formula is C26H34FNO4. The van der Waals surface area contributed by atoms with Crippen LogP contribution in [0.15, 0.2) is 30.3 Å². The van der Waals surface area contributed by atoms with E-state index in [0.717, 1.165) is 40.1 Å².